The van der Waals surface area contributed by atoms with Crippen LogP contribution < -0.4 is 15.5 Å². The monoisotopic (exact) mass is 289 g/mol. The van der Waals surface area contributed by atoms with E-state index < -0.39 is 0 Å². The number of hydrogen-bond donors (Lipinski definition) is 1. The molecule has 1 aromatic heterocycles. The molecule has 3 rings (SSSR count). The molecule has 2 heterocycles. The molecular weight excluding hydrogens is 274 g/mol. The number of benzene rings is 1. The zero-order valence-corrected chi connectivity index (χ0v) is 11.8. The van der Waals surface area contributed by atoms with Crippen LogP contribution in [0.2, 0.25) is 5.02 Å². The maximum atomic E-state index is 5.91. The summed E-state index contributed by atoms with van der Waals surface area (Å²) in [6.45, 7) is 3.69. The Balaban J connectivity index is 1.66. The van der Waals surface area contributed by atoms with E-state index in [4.69, 9.17) is 17.3 Å². The number of anilines is 3. The van der Waals surface area contributed by atoms with Crippen molar-refractivity contribution in [3.63, 3.8) is 0 Å². The van der Waals surface area contributed by atoms with E-state index >= 15 is 0 Å². The zero-order chi connectivity index (χ0) is 13.9. The summed E-state index contributed by atoms with van der Waals surface area (Å²) >= 11 is 5.91. The molecule has 20 heavy (non-hydrogen) atoms. The van der Waals surface area contributed by atoms with Gasteiger partial charge in [-0.25, -0.2) is 4.98 Å². The van der Waals surface area contributed by atoms with Crippen molar-refractivity contribution >= 4 is 28.9 Å². The Hall–Kier alpha value is -2.01. The average molecular weight is 290 g/mol. The molecule has 0 amide bonds. The van der Waals surface area contributed by atoms with Crippen molar-refractivity contribution in [3.05, 3.63) is 41.7 Å². The van der Waals surface area contributed by atoms with E-state index in [1.807, 2.05) is 12.1 Å². The van der Waals surface area contributed by atoms with E-state index in [0.29, 0.717) is 5.82 Å². The number of rotatable bonds is 2. The molecule has 1 aliphatic rings. The Morgan fingerprint density at radius 2 is 1.60 bits per heavy atom. The number of aromatic nitrogens is 2. The van der Waals surface area contributed by atoms with Gasteiger partial charge in [-0.15, -0.1) is 0 Å². The molecule has 0 radical (unpaired) electrons. The van der Waals surface area contributed by atoms with Crippen molar-refractivity contribution in [2.24, 2.45) is 0 Å². The highest BCUT2D eigenvalue weighted by molar-refractivity contribution is 6.30. The third-order valence-corrected chi connectivity index (χ3v) is 3.69. The lowest BCUT2D eigenvalue weighted by Gasteiger charge is -2.36. The van der Waals surface area contributed by atoms with Crippen LogP contribution in [0.25, 0.3) is 0 Å². The smallest absolute Gasteiger partial charge is 0.149 e. The summed E-state index contributed by atoms with van der Waals surface area (Å²) in [5.74, 6) is 1.31. The quantitative estimate of drug-likeness (QED) is 0.917. The van der Waals surface area contributed by atoms with Crippen molar-refractivity contribution < 1.29 is 0 Å². The predicted molar refractivity (Wildman–Crippen MR) is 82.3 cm³/mol. The number of nitrogens with zero attached hydrogens (tertiary/aromatic N) is 4. The van der Waals surface area contributed by atoms with Gasteiger partial charge in [0.05, 0.1) is 12.4 Å². The molecule has 0 unspecified atom stereocenters. The number of halogens is 1. The van der Waals surface area contributed by atoms with E-state index in [1.54, 1.807) is 12.4 Å². The largest absolute Gasteiger partial charge is 0.382 e. The van der Waals surface area contributed by atoms with Crippen LogP contribution in [-0.4, -0.2) is 36.1 Å². The van der Waals surface area contributed by atoms with Gasteiger partial charge in [-0.3, -0.25) is 4.98 Å². The first-order chi connectivity index (χ1) is 9.72. The van der Waals surface area contributed by atoms with Crippen molar-refractivity contribution in [2.75, 3.05) is 41.7 Å². The SMILES string of the molecule is Nc1cncc(N2CCN(c3ccc(Cl)cc3)CC2)n1. The minimum absolute atomic E-state index is 0.461. The van der Waals surface area contributed by atoms with Gasteiger partial charge in [-0.2, -0.15) is 0 Å². The fourth-order valence-electron chi connectivity index (χ4n) is 2.37. The lowest BCUT2D eigenvalue weighted by molar-refractivity contribution is 0.647. The van der Waals surface area contributed by atoms with Crippen molar-refractivity contribution in [3.8, 4) is 0 Å². The second-order valence-electron chi connectivity index (χ2n) is 4.75. The van der Waals surface area contributed by atoms with Crippen molar-refractivity contribution in [1.82, 2.24) is 9.97 Å². The third-order valence-electron chi connectivity index (χ3n) is 3.44. The van der Waals surface area contributed by atoms with E-state index in [-0.39, 0.29) is 0 Å². The maximum absolute atomic E-state index is 5.91. The Labute approximate surface area is 123 Å². The Bertz CT molecular complexity index is 578. The fraction of sp³-hybridized carbons (Fsp3) is 0.286. The van der Waals surface area contributed by atoms with Crippen LogP contribution >= 0.6 is 11.6 Å². The summed E-state index contributed by atoms with van der Waals surface area (Å²) in [5, 5.41) is 0.766. The van der Waals surface area contributed by atoms with E-state index in [0.717, 1.165) is 37.0 Å². The second kappa shape index (κ2) is 5.54. The topological polar surface area (TPSA) is 58.3 Å². The highest BCUT2D eigenvalue weighted by atomic mass is 35.5. The van der Waals surface area contributed by atoms with Gasteiger partial charge in [0.2, 0.25) is 0 Å². The summed E-state index contributed by atoms with van der Waals surface area (Å²) in [4.78, 5) is 12.9. The summed E-state index contributed by atoms with van der Waals surface area (Å²) in [6.07, 6.45) is 3.32. The summed E-state index contributed by atoms with van der Waals surface area (Å²) in [5.41, 5.74) is 6.88. The third kappa shape index (κ3) is 2.77. The molecule has 104 valence electrons. The number of nitrogen functional groups attached to an aromatic ring is 1. The highest BCUT2D eigenvalue weighted by Crippen LogP contribution is 2.21. The first-order valence-corrected chi connectivity index (χ1v) is 6.93. The van der Waals surface area contributed by atoms with Crippen molar-refractivity contribution in [2.45, 2.75) is 0 Å². The molecular formula is C14H16ClN5. The molecule has 0 aliphatic carbocycles. The Morgan fingerprint density at radius 1 is 0.950 bits per heavy atom. The van der Waals surface area contributed by atoms with Crippen LogP contribution in [0.1, 0.15) is 0 Å². The highest BCUT2D eigenvalue weighted by Gasteiger charge is 2.18. The molecule has 1 saturated heterocycles. The van der Waals surface area contributed by atoms with Gasteiger partial charge in [0.1, 0.15) is 11.6 Å². The molecule has 6 heteroatoms. The van der Waals surface area contributed by atoms with Gasteiger partial charge >= 0.3 is 0 Å². The molecule has 0 atom stereocenters. The molecule has 5 nitrogen and oxygen atoms in total. The standard InChI is InChI=1S/C14H16ClN5/c15-11-1-3-12(4-2-11)19-5-7-20(8-6-19)14-10-17-9-13(16)18-14/h1-4,9-10H,5-8H2,(H2,16,18). The van der Waals surface area contributed by atoms with Gasteiger partial charge in [0, 0.05) is 36.9 Å². The minimum atomic E-state index is 0.461. The molecule has 1 fully saturated rings. The van der Waals surface area contributed by atoms with Gasteiger partial charge < -0.3 is 15.5 Å². The first-order valence-electron chi connectivity index (χ1n) is 6.55. The predicted octanol–water partition coefficient (Wildman–Crippen LogP) is 2.04. The van der Waals surface area contributed by atoms with Gasteiger partial charge in [0.25, 0.3) is 0 Å². The second-order valence-corrected chi connectivity index (χ2v) is 5.19. The lowest BCUT2D eigenvalue weighted by atomic mass is 10.2. The van der Waals surface area contributed by atoms with Gasteiger partial charge in [0.15, 0.2) is 0 Å². The summed E-state index contributed by atoms with van der Waals surface area (Å²) < 4.78 is 0. The van der Waals surface area contributed by atoms with E-state index in [1.165, 1.54) is 5.69 Å². The number of nitrogens with two attached hydrogens (primary N) is 1. The number of piperazine rings is 1. The number of hydrogen-bond acceptors (Lipinski definition) is 5. The van der Waals surface area contributed by atoms with Gasteiger partial charge in [-0.05, 0) is 24.3 Å². The van der Waals surface area contributed by atoms with Crippen LogP contribution in [0.15, 0.2) is 36.7 Å². The molecule has 0 spiro atoms. The van der Waals surface area contributed by atoms with Crippen LogP contribution in [0.3, 0.4) is 0 Å². The minimum Gasteiger partial charge on any atom is -0.382 e. The van der Waals surface area contributed by atoms with E-state index in [9.17, 15) is 0 Å². The summed E-state index contributed by atoms with van der Waals surface area (Å²) in [7, 11) is 0. The van der Waals surface area contributed by atoms with Crippen LogP contribution in [0.5, 0.6) is 0 Å². The normalized spacial score (nSPS) is 15.4. The summed E-state index contributed by atoms with van der Waals surface area (Å²) in [6, 6.07) is 7.95. The Kier molecular flexibility index (Phi) is 3.60. The molecule has 0 bridgehead atoms. The molecule has 2 N–H and O–H groups in total. The van der Waals surface area contributed by atoms with Crippen molar-refractivity contribution in [1.29, 1.82) is 0 Å². The van der Waals surface area contributed by atoms with Crippen LogP contribution in [-0.2, 0) is 0 Å². The molecule has 0 saturated carbocycles. The van der Waals surface area contributed by atoms with Gasteiger partial charge in [-0.1, -0.05) is 11.6 Å². The van der Waals surface area contributed by atoms with E-state index in [2.05, 4.69) is 31.9 Å². The maximum Gasteiger partial charge on any atom is 0.149 e. The molecule has 1 aliphatic heterocycles. The van der Waals surface area contributed by atoms with Crippen LogP contribution in [0, 0.1) is 0 Å². The fourth-order valence-corrected chi connectivity index (χ4v) is 2.49. The lowest BCUT2D eigenvalue weighted by Crippen LogP contribution is -2.46. The van der Waals surface area contributed by atoms with Crippen LogP contribution in [0.4, 0.5) is 17.3 Å². The Morgan fingerprint density at radius 3 is 2.25 bits per heavy atom. The zero-order valence-electron chi connectivity index (χ0n) is 11.0. The first kappa shape index (κ1) is 13.0. The average Bonchev–Trinajstić information content (AvgIpc) is 2.48. The molecule has 2 aromatic rings. The molecule has 1 aromatic carbocycles.